The topological polar surface area (TPSA) is 47.9 Å². The summed E-state index contributed by atoms with van der Waals surface area (Å²) in [5.74, 6) is 0. The molecule has 4 bridgehead atoms. The van der Waals surface area contributed by atoms with Gasteiger partial charge in [-0.2, -0.15) is 0 Å². The van der Waals surface area contributed by atoms with E-state index in [4.69, 9.17) is 14.2 Å². The summed E-state index contributed by atoms with van der Waals surface area (Å²) in [5.41, 5.74) is -0.575. The average Bonchev–Trinajstić information content (AvgIpc) is 1.79. The summed E-state index contributed by atoms with van der Waals surface area (Å²) in [6.45, 7) is 0. The Morgan fingerprint density at radius 2 is 1.27 bits per heavy atom. The summed E-state index contributed by atoms with van der Waals surface area (Å²) in [5, 5.41) is 9.86. The first-order valence-electron chi connectivity index (χ1n) is 3.92. The Balaban J connectivity index is 1.94. The zero-order chi connectivity index (χ0) is 7.47. The minimum absolute atomic E-state index is 0.230. The molecule has 0 amide bonds. The van der Waals surface area contributed by atoms with Crippen molar-refractivity contribution in [2.75, 3.05) is 0 Å². The van der Waals surface area contributed by atoms with Crippen LogP contribution in [0.2, 0.25) is 0 Å². The molecule has 4 rings (SSSR count). The highest BCUT2D eigenvalue weighted by Crippen LogP contribution is 2.44. The van der Waals surface area contributed by atoms with Crippen LogP contribution in [-0.2, 0) is 14.2 Å². The summed E-state index contributed by atoms with van der Waals surface area (Å²) in [4.78, 5) is 0. The molecule has 4 heteroatoms. The Labute approximate surface area is 64.0 Å². The third-order valence-corrected chi connectivity index (χ3v) is 2.55. The predicted molar refractivity (Wildman–Crippen MR) is 33.4 cm³/mol. The molecule has 0 unspecified atom stereocenters. The predicted octanol–water partition coefficient (Wildman–Crippen LogP) is -0.0433. The molecule has 0 saturated carbocycles. The van der Waals surface area contributed by atoms with Gasteiger partial charge in [-0.05, 0) is 0 Å². The molecule has 4 nitrogen and oxygen atoms in total. The monoisotopic (exact) mass is 158 g/mol. The Kier molecular flexibility index (Phi) is 1.02. The van der Waals surface area contributed by atoms with Crippen molar-refractivity contribution in [3.63, 3.8) is 0 Å². The Hall–Kier alpha value is -0.160. The molecule has 0 aromatic heterocycles. The molecule has 0 aromatic rings. The lowest BCUT2D eigenvalue weighted by Gasteiger charge is -2.52. The van der Waals surface area contributed by atoms with E-state index in [0.717, 1.165) is 0 Å². The van der Waals surface area contributed by atoms with Crippen molar-refractivity contribution in [2.45, 2.75) is 43.7 Å². The maximum atomic E-state index is 9.86. The van der Waals surface area contributed by atoms with Gasteiger partial charge < -0.3 is 19.3 Å². The summed E-state index contributed by atoms with van der Waals surface area (Å²) in [6.07, 6.45) is 1.11. The van der Waals surface area contributed by atoms with Crippen LogP contribution >= 0.6 is 0 Å². The summed E-state index contributed by atoms with van der Waals surface area (Å²) in [6, 6.07) is 0. The van der Waals surface area contributed by atoms with Gasteiger partial charge in [0.2, 0.25) is 0 Å². The van der Waals surface area contributed by atoms with E-state index in [0.29, 0.717) is 19.3 Å². The van der Waals surface area contributed by atoms with Crippen LogP contribution in [0.1, 0.15) is 19.3 Å². The molecule has 0 aliphatic carbocycles. The minimum atomic E-state index is -0.575. The maximum absolute atomic E-state index is 9.86. The Bertz CT molecular complexity index is 156. The first kappa shape index (κ1) is 6.37. The lowest BCUT2D eigenvalue weighted by atomic mass is 9.85. The number of aliphatic hydroxyl groups is 1. The van der Waals surface area contributed by atoms with Crippen LogP contribution in [0.3, 0.4) is 0 Å². The van der Waals surface area contributed by atoms with E-state index in [9.17, 15) is 5.11 Å². The largest absolute Gasteiger partial charge is 0.389 e. The lowest BCUT2D eigenvalue weighted by molar-refractivity contribution is -0.452. The van der Waals surface area contributed by atoms with Crippen LogP contribution in [0.25, 0.3) is 0 Å². The van der Waals surface area contributed by atoms with E-state index in [2.05, 4.69) is 0 Å². The van der Waals surface area contributed by atoms with Crippen LogP contribution in [0.15, 0.2) is 0 Å². The van der Waals surface area contributed by atoms with Crippen molar-refractivity contribution in [1.82, 2.24) is 0 Å². The normalized spacial score (nSPS) is 60.3. The molecule has 1 N–H and O–H groups in total. The van der Waals surface area contributed by atoms with E-state index in [1.165, 1.54) is 0 Å². The van der Waals surface area contributed by atoms with Gasteiger partial charge in [0.1, 0.15) is 0 Å². The van der Waals surface area contributed by atoms with Crippen molar-refractivity contribution in [3.8, 4) is 0 Å². The first-order valence-corrected chi connectivity index (χ1v) is 3.92. The van der Waals surface area contributed by atoms with E-state index in [-0.39, 0.29) is 18.9 Å². The Morgan fingerprint density at radius 1 is 0.909 bits per heavy atom. The smallest absolute Gasteiger partial charge is 0.166 e. The molecule has 4 heterocycles. The van der Waals surface area contributed by atoms with Crippen LogP contribution < -0.4 is 0 Å². The quantitative estimate of drug-likeness (QED) is 0.537. The third-order valence-electron chi connectivity index (χ3n) is 2.55. The second kappa shape index (κ2) is 1.77. The molecule has 0 spiro atoms. The third kappa shape index (κ3) is 0.840. The number of rotatable bonds is 0. The van der Waals surface area contributed by atoms with Gasteiger partial charge in [-0.1, -0.05) is 0 Å². The molecule has 4 aliphatic heterocycles. The van der Waals surface area contributed by atoms with Crippen LogP contribution in [0.5, 0.6) is 0 Å². The van der Waals surface area contributed by atoms with Gasteiger partial charge in [0.25, 0.3) is 0 Å². The highest BCUT2D eigenvalue weighted by Gasteiger charge is 2.53. The molecule has 4 fully saturated rings. The zero-order valence-corrected chi connectivity index (χ0v) is 6.03. The van der Waals surface area contributed by atoms with E-state index < -0.39 is 5.60 Å². The van der Waals surface area contributed by atoms with Crippen molar-refractivity contribution < 1.29 is 19.3 Å². The second-order valence-corrected chi connectivity index (χ2v) is 3.53. The van der Waals surface area contributed by atoms with Crippen molar-refractivity contribution in [3.05, 3.63) is 0 Å². The van der Waals surface area contributed by atoms with Crippen molar-refractivity contribution in [2.24, 2.45) is 0 Å². The fourth-order valence-electron chi connectivity index (χ4n) is 2.07. The van der Waals surface area contributed by atoms with Crippen molar-refractivity contribution in [1.29, 1.82) is 0 Å². The standard InChI is InChI=1S/C7H10O4/c8-7-1-4-9-5(2-7)11-6(3-7)10-4/h4-6,8H,1-3H2. The fourth-order valence-corrected chi connectivity index (χ4v) is 2.07. The van der Waals surface area contributed by atoms with Gasteiger partial charge >= 0.3 is 0 Å². The van der Waals surface area contributed by atoms with E-state index in [1.54, 1.807) is 0 Å². The van der Waals surface area contributed by atoms with Crippen LogP contribution in [0, 0.1) is 0 Å². The van der Waals surface area contributed by atoms with Gasteiger partial charge in [-0.15, -0.1) is 0 Å². The van der Waals surface area contributed by atoms with Crippen LogP contribution in [-0.4, -0.2) is 29.6 Å². The summed E-state index contributed by atoms with van der Waals surface area (Å²) in [7, 11) is 0. The number of ether oxygens (including phenoxy) is 3. The van der Waals surface area contributed by atoms with Crippen LogP contribution in [0.4, 0.5) is 0 Å². The molecule has 0 atom stereocenters. The van der Waals surface area contributed by atoms with E-state index in [1.807, 2.05) is 0 Å². The van der Waals surface area contributed by atoms with Gasteiger partial charge in [-0.25, -0.2) is 0 Å². The van der Waals surface area contributed by atoms with Crippen molar-refractivity contribution >= 4 is 0 Å². The zero-order valence-electron chi connectivity index (χ0n) is 6.03. The Morgan fingerprint density at radius 3 is 1.55 bits per heavy atom. The molecular formula is C7H10O4. The lowest BCUT2D eigenvalue weighted by Crippen LogP contribution is -2.60. The first-order chi connectivity index (χ1) is 5.23. The fraction of sp³-hybridized carbons (Fsp3) is 1.00. The summed E-state index contributed by atoms with van der Waals surface area (Å²) < 4.78 is 15.9. The number of hydrogen-bond acceptors (Lipinski definition) is 4. The molecule has 4 aliphatic rings. The molecule has 4 saturated heterocycles. The molecule has 62 valence electrons. The molecule has 11 heavy (non-hydrogen) atoms. The van der Waals surface area contributed by atoms with Gasteiger partial charge in [0, 0.05) is 19.3 Å². The highest BCUT2D eigenvalue weighted by atomic mass is 16.9. The van der Waals surface area contributed by atoms with Gasteiger partial charge in [0.05, 0.1) is 5.60 Å². The van der Waals surface area contributed by atoms with E-state index >= 15 is 0 Å². The average molecular weight is 158 g/mol. The van der Waals surface area contributed by atoms with Gasteiger partial charge in [0.15, 0.2) is 18.9 Å². The molecule has 0 radical (unpaired) electrons. The summed E-state index contributed by atoms with van der Waals surface area (Å²) >= 11 is 0. The minimum Gasteiger partial charge on any atom is -0.389 e. The second-order valence-electron chi connectivity index (χ2n) is 3.53. The SMILES string of the molecule is OC12CC3OC(C1)OC(C2)O3. The molecular weight excluding hydrogens is 148 g/mol. The van der Waals surface area contributed by atoms with Gasteiger partial charge in [-0.3, -0.25) is 0 Å². The molecule has 0 aromatic carbocycles. The number of hydrogen-bond donors (Lipinski definition) is 1. The highest BCUT2D eigenvalue weighted by molar-refractivity contribution is 4.93. The maximum Gasteiger partial charge on any atom is 0.166 e.